The fourth-order valence-corrected chi connectivity index (χ4v) is 4.53. The molecule has 0 aliphatic carbocycles. The van der Waals surface area contributed by atoms with Crippen LogP contribution >= 0.6 is 15.9 Å². The van der Waals surface area contributed by atoms with E-state index in [0.29, 0.717) is 12.2 Å². The highest BCUT2D eigenvalue weighted by molar-refractivity contribution is 9.10. The second kappa shape index (κ2) is 12.5. The number of carbonyl (C=O) groups excluding carboxylic acids is 2. The summed E-state index contributed by atoms with van der Waals surface area (Å²) in [5.41, 5.74) is 1.91. The molecule has 4 aromatic carbocycles. The standard InChI is InChI=1S/C31H31BrN2O3/c1-22(2)33-31(36)28(19-23-9-4-3-5-10-23)34(20-24-15-17-26(32)18-16-24)30(35)21-37-29-14-8-12-25-11-6-7-13-27(25)29/h3-18,22,28H,19-21H2,1-2H3,(H,33,36)/t28-/m0/s1. The van der Waals surface area contributed by atoms with E-state index >= 15 is 0 Å². The lowest BCUT2D eigenvalue weighted by molar-refractivity contribution is -0.143. The van der Waals surface area contributed by atoms with Crippen LogP contribution in [0.15, 0.2) is 102 Å². The number of carbonyl (C=O) groups is 2. The van der Waals surface area contributed by atoms with Crippen molar-refractivity contribution in [3.63, 3.8) is 0 Å². The average molecular weight is 560 g/mol. The maximum absolute atomic E-state index is 13.8. The van der Waals surface area contributed by atoms with Crippen LogP contribution in [0.4, 0.5) is 0 Å². The van der Waals surface area contributed by atoms with Gasteiger partial charge in [0.1, 0.15) is 11.8 Å². The fourth-order valence-electron chi connectivity index (χ4n) is 4.27. The van der Waals surface area contributed by atoms with Gasteiger partial charge >= 0.3 is 0 Å². The Morgan fingerprint density at radius 2 is 1.51 bits per heavy atom. The van der Waals surface area contributed by atoms with Crippen molar-refractivity contribution in [1.29, 1.82) is 0 Å². The molecule has 5 nitrogen and oxygen atoms in total. The lowest BCUT2D eigenvalue weighted by Gasteiger charge is -2.32. The number of amides is 2. The van der Waals surface area contributed by atoms with E-state index in [9.17, 15) is 9.59 Å². The molecule has 190 valence electrons. The molecule has 0 radical (unpaired) electrons. The first-order valence-electron chi connectivity index (χ1n) is 12.4. The van der Waals surface area contributed by atoms with Crippen LogP contribution in [0.3, 0.4) is 0 Å². The highest BCUT2D eigenvalue weighted by atomic mass is 79.9. The molecule has 37 heavy (non-hydrogen) atoms. The van der Waals surface area contributed by atoms with Gasteiger partial charge in [0.05, 0.1) is 0 Å². The zero-order valence-electron chi connectivity index (χ0n) is 21.1. The van der Waals surface area contributed by atoms with E-state index < -0.39 is 6.04 Å². The first kappa shape index (κ1) is 26.4. The number of halogens is 1. The van der Waals surface area contributed by atoms with Gasteiger partial charge in [-0.05, 0) is 48.6 Å². The van der Waals surface area contributed by atoms with Gasteiger partial charge in [0.25, 0.3) is 5.91 Å². The van der Waals surface area contributed by atoms with Crippen molar-refractivity contribution in [3.05, 3.63) is 113 Å². The number of benzene rings is 4. The SMILES string of the molecule is CC(C)NC(=O)[C@H](Cc1ccccc1)N(Cc1ccc(Br)cc1)C(=O)COc1cccc2ccccc12. The van der Waals surface area contributed by atoms with E-state index in [1.165, 1.54) is 0 Å². The molecule has 4 rings (SSSR count). The van der Waals surface area contributed by atoms with Crippen molar-refractivity contribution >= 4 is 38.5 Å². The van der Waals surface area contributed by atoms with Crippen molar-refractivity contribution in [2.24, 2.45) is 0 Å². The molecule has 0 aliphatic rings. The van der Waals surface area contributed by atoms with Crippen molar-refractivity contribution < 1.29 is 14.3 Å². The molecule has 0 aromatic heterocycles. The molecule has 0 spiro atoms. The quantitative estimate of drug-likeness (QED) is 0.254. The van der Waals surface area contributed by atoms with E-state index in [0.717, 1.165) is 26.4 Å². The summed E-state index contributed by atoms with van der Waals surface area (Å²) in [5.74, 6) is 0.200. The third-order valence-corrected chi connectivity index (χ3v) is 6.60. The summed E-state index contributed by atoms with van der Waals surface area (Å²) < 4.78 is 7.00. The first-order valence-corrected chi connectivity index (χ1v) is 13.2. The van der Waals surface area contributed by atoms with Crippen LogP contribution in [0.25, 0.3) is 10.8 Å². The van der Waals surface area contributed by atoms with E-state index in [2.05, 4.69) is 21.2 Å². The molecule has 6 heteroatoms. The normalized spacial score (nSPS) is 11.8. The van der Waals surface area contributed by atoms with Crippen molar-refractivity contribution in [3.8, 4) is 5.75 Å². The average Bonchev–Trinajstić information content (AvgIpc) is 2.90. The van der Waals surface area contributed by atoms with Crippen LogP contribution in [0.2, 0.25) is 0 Å². The first-order chi connectivity index (χ1) is 17.9. The van der Waals surface area contributed by atoms with Crippen LogP contribution in [-0.2, 0) is 22.6 Å². The summed E-state index contributed by atoms with van der Waals surface area (Å²) in [6.07, 6.45) is 0.399. The van der Waals surface area contributed by atoms with Crippen LogP contribution in [-0.4, -0.2) is 35.4 Å². The summed E-state index contributed by atoms with van der Waals surface area (Å²) in [5, 5.41) is 4.99. The van der Waals surface area contributed by atoms with Crippen LogP contribution in [0.1, 0.15) is 25.0 Å². The van der Waals surface area contributed by atoms with Crippen molar-refractivity contribution in [2.45, 2.75) is 38.9 Å². The minimum Gasteiger partial charge on any atom is -0.483 e. The molecule has 0 heterocycles. The number of nitrogens with zero attached hydrogens (tertiary/aromatic N) is 1. The van der Waals surface area contributed by atoms with Crippen molar-refractivity contribution in [1.82, 2.24) is 10.2 Å². The Morgan fingerprint density at radius 3 is 2.24 bits per heavy atom. The molecule has 4 aromatic rings. The third-order valence-electron chi connectivity index (χ3n) is 6.07. The smallest absolute Gasteiger partial charge is 0.261 e. The summed E-state index contributed by atoms with van der Waals surface area (Å²) in [4.78, 5) is 28.8. The number of nitrogens with one attached hydrogen (secondary N) is 1. The second-order valence-corrected chi connectivity index (χ2v) is 10.2. The Labute approximate surface area is 226 Å². The zero-order valence-corrected chi connectivity index (χ0v) is 22.6. The molecular weight excluding hydrogens is 528 g/mol. The van der Waals surface area contributed by atoms with Gasteiger partial charge < -0.3 is 15.0 Å². The Hall–Kier alpha value is -3.64. The Balaban J connectivity index is 1.64. The summed E-state index contributed by atoms with van der Waals surface area (Å²) in [6, 6.07) is 30.5. The van der Waals surface area contributed by atoms with Gasteiger partial charge in [0, 0.05) is 28.9 Å². The third kappa shape index (κ3) is 7.20. The van der Waals surface area contributed by atoms with E-state index in [4.69, 9.17) is 4.74 Å². The molecule has 0 aliphatic heterocycles. The fraction of sp³-hybridized carbons (Fsp3) is 0.226. The number of rotatable bonds is 10. The lowest BCUT2D eigenvalue weighted by Crippen LogP contribution is -2.52. The number of hydrogen-bond donors (Lipinski definition) is 1. The monoisotopic (exact) mass is 558 g/mol. The highest BCUT2D eigenvalue weighted by Crippen LogP contribution is 2.25. The maximum atomic E-state index is 13.8. The number of fused-ring (bicyclic) bond motifs is 1. The van der Waals surface area contributed by atoms with Crippen molar-refractivity contribution in [2.75, 3.05) is 6.61 Å². The van der Waals surface area contributed by atoms with E-state index in [1.807, 2.05) is 111 Å². The second-order valence-electron chi connectivity index (χ2n) is 9.28. The molecule has 1 N–H and O–H groups in total. The van der Waals surface area contributed by atoms with Gasteiger partial charge in [-0.3, -0.25) is 9.59 Å². The molecule has 0 unspecified atom stereocenters. The molecule has 0 bridgehead atoms. The van der Waals surface area contributed by atoms with Gasteiger partial charge in [0.15, 0.2) is 6.61 Å². The van der Waals surface area contributed by atoms with Gasteiger partial charge in [0.2, 0.25) is 5.91 Å². The van der Waals surface area contributed by atoms with Gasteiger partial charge in [-0.2, -0.15) is 0 Å². The number of hydrogen-bond acceptors (Lipinski definition) is 3. The van der Waals surface area contributed by atoms with E-state index in [-0.39, 0.29) is 31.0 Å². The lowest BCUT2D eigenvalue weighted by atomic mass is 10.0. The molecule has 0 fully saturated rings. The van der Waals surface area contributed by atoms with Crippen LogP contribution in [0.5, 0.6) is 5.75 Å². The highest BCUT2D eigenvalue weighted by Gasteiger charge is 2.31. The zero-order chi connectivity index (χ0) is 26.2. The predicted molar refractivity (Wildman–Crippen MR) is 151 cm³/mol. The van der Waals surface area contributed by atoms with Gasteiger partial charge in [-0.25, -0.2) is 0 Å². The van der Waals surface area contributed by atoms with Crippen LogP contribution < -0.4 is 10.1 Å². The maximum Gasteiger partial charge on any atom is 0.261 e. The molecule has 2 amide bonds. The minimum atomic E-state index is -0.697. The molecule has 0 saturated heterocycles. The Bertz CT molecular complexity index is 1330. The number of ether oxygens (including phenoxy) is 1. The minimum absolute atomic E-state index is 0.0534. The van der Waals surface area contributed by atoms with Gasteiger partial charge in [-0.15, -0.1) is 0 Å². The Morgan fingerprint density at radius 1 is 0.838 bits per heavy atom. The summed E-state index contributed by atoms with van der Waals surface area (Å²) >= 11 is 3.47. The van der Waals surface area contributed by atoms with Crippen LogP contribution in [0, 0.1) is 0 Å². The molecule has 1 atom stereocenters. The largest absolute Gasteiger partial charge is 0.483 e. The van der Waals surface area contributed by atoms with E-state index in [1.54, 1.807) is 4.90 Å². The van der Waals surface area contributed by atoms with Gasteiger partial charge in [-0.1, -0.05) is 94.8 Å². The summed E-state index contributed by atoms with van der Waals surface area (Å²) in [7, 11) is 0. The Kier molecular flexibility index (Phi) is 8.96. The summed E-state index contributed by atoms with van der Waals surface area (Å²) in [6.45, 7) is 3.95. The predicted octanol–water partition coefficient (Wildman–Crippen LogP) is 6.15. The molecule has 0 saturated carbocycles. The topological polar surface area (TPSA) is 58.6 Å². The molecular formula is C31H31BrN2O3.